The van der Waals surface area contributed by atoms with Crippen LogP contribution >= 0.6 is 0 Å². The quantitative estimate of drug-likeness (QED) is 0.498. The second-order valence-electron chi connectivity index (χ2n) is 7.46. The minimum atomic E-state index is 0.708. The summed E-state index contributed by atoms with van der Waals surface area (Å²) in [7, 11) is 0. The summed E-state index contributed by atoms with van der Waals surface area (Å²) in [5.41, 5.74) is 12.6. The van der Waals surface area contributed by atoms with E-state index in [1.54, 1.807) is 27.9 Å². The number of hydrogen-bond acceptors (Lipinski definition) is 0. The molecule has 0 aromatic rings. The van der Waals surface area contributed by atoms with E-state index in [4.69, 9.17) is 0 Å². The Hall–Kier alpha value is -1.04. The molecule has 0 saturated carbocycles. The Morgan fingerprint density at radius 3 is 1.22 bits per heavy atom. The van der Waals surface area contributed by atoms with Crippen LogP contribution < -0.4 is 0 Å². The largest absolute Gasteiger partial charge is 0.0651 e. The molecule has 0 N–H and O–H groups in total. The standard InChI is InChI=1S/C12H20.C11H18/c1-6-7-12-10(4)8(2)9(3)11(12)5;1-6-11-9(4)7(2)8(3)10(11)5/h10H,6-7H2,1-5H3;9H,6H2,1-5H3. The van der Waals surface area contributed by atoms with Crippen molar-refractivity contribution in [1.29, 1.82) is 0 Å². The van der Waals surface area contributed by atoms with Crippen molar-refractivity contribution in [2.24, 2.45) is 11.8 Å². The molecule has 23 heavy (non-hydrogen) atoms. The maximum absolute atomic E-state index is 2.33. The third-order valence-corrected chi connectivity index (χ3v) is 6.52. The first-order valence-electron chi connectivity index (χ1n) is 9.43. The summed E-state index contributed by atoms with van der Waals surface area (Å²) in [5, 5.41) is 0. The van der Waals surface area contributed by atoms with Gasteiger partial charge in [-0.3, -0.25) is 0 Å². The predicted octanol–water partition coefficient (Wildman–Crippen LogP) is 7.79. The Kier molecular flexibility index (Phi) is 7.11. The summed E-state index contributed by atoms with van der Waals surface area (Å²) in [6.45, 7) is 22.7. The molecule has 0 heteroatoms. The highest BCUT2D eigenvalue weighted by Gasteiger charge is 2.22. The minimum Gasteiger partial charge on any atom is -0.0651 e. The monoisotopic (exact) mass is 314 g/mol. The summed E-state index contributed by atoms with van der Waals surface area (Å²) in [4.78, 5) is 0. The average molecular weight is 315 g/mol. The highest BCUT2D eigenvalue weighted by atomic mass is 14.3. The van der Waals surface area contributed by atoms with E-state index < -0.39 is 0 Å². The van der Waals surface area contributed by atoms with Gasteiger partial charge in [0.1, 0.15) is 0 Å². The second kappa shape index (κ2) is 8.18. The lowest BCUT2D eigenvalue weighted by Gasteiger charge is -2.10. The molecule has 0 amide bonds. The van der Waals surface area contributed by atoms with E-state index in [1.807, 2.05) is 0 Å². The van der Waals surface area contributed by atoms with Gasteiger partial charge < -0.3 is 0 Å². The third-order valence-electron chi connectivity index (χ3n) is 6.52. The zero-order valence-corrected chi connectivity index (χ0v) is 17.3. The van der Waals surface area contributed by atoms with Gasteiger partial charge in [0.25, 0.3) is 0 Å². The van der Waals surface area contributed by atoms with Gasteiger partial charge in [0.15, 0.2) is 0 Å². The molecule has 0 bridgehead atoms. The van der Waals surface area contributed by atoms with Crippen LogP contribution in [0, 0.1) is 11.8 Å². The Labute approximate surface area is 145 Å². The van der Waals surface area contributed by atoms with Crippen molar-refractivity contribution in [3.05, 3.63) is 44.6 Å². The minimum absolute atomic E-state index is 0.708. The molecule has 2 aliphatic rings. The van der Waals surface area contributed by atoms with Gasteiger partial charge in [-0.1, -0.05) is 56.4 Å². The molecule has 0 fully saturated rings. The van der Waals surface area contributed by atoms with Crippen LogP contribution in [0.15, 0.2) is 44.6 Å². The summed E-state index contributed by atoms with van der Waals surface area (Å²) in [6, 6.07) is 0. The van der Waals surface area contributed by atoms with E-state index in [0.717, 1.165) is 0 Å². The summed E-state index contributed by atoms with van der Waals surface area (Å²) in [5.74, 6) is 1.42. The van der Waals surface area contributed by atoms with Crippen LogP contribution in [0.25, 0.3) is 0 Å². The van der Waals surface area contributed by atoms with E-state index in [-0.39, 0.29) is 0 Å². The first-order chi connectivity index (χ1) is 10.7. The van der Waals surface area contributed by atoms with E-state index in [1.165, 1.54) is 36.0 Å². The highest BCUT2D eigenvalue weighted by Crippen LogP contribution is 2.39. The molecule has 0 aromatic heterocycles. The zero-order chi connectivity index (χ0) is 17.9. The van der Waals surface area contributed by atoms with Gasteiger partial charge in [-0.15, -0.1) is 0 Å². The molecule has 2 unspecified atom stereocenters. The van der Waals surface area contributed by atoms with Crippen LogP contribution in [0.5, 0.6) is 0 Å². The van der Waals surface area contributed by atoms with Gasteiger partial charge in [-0.2, -0.15) is 0 Å². The predicted molar refractivity (Wildman–Crippen MR) is 106 cm³/mol. The molecule has 2 atom stereocenters. The molecule has 0 aromatic carbocycles. The molecule has 0 saturated heterocycles. The average Bonchev–Trinajstić information content (AvgIpc) is 2.83. The molecule has 0 spiro atoms. The van der Waals surface area contributed by atoms with Crippen LogP contribution in [0.2, 0.25) is 0 Å². The maximum Gasteiger partial charge on any atom is -0.00126 e. The van der Waals surface area contributed by atoms with Gasteiger partial charge >= 0.3 is 0 Å². The second-order valence-corrected chi connectivity index (χ2v) is 7.46. The fraction of sp³-hybridized carbons (Fsp3) is 0.652. The lowest BCUT2D eigenvalue weighted by Crippen LogP contribution is -1.96. The van der Waals surface area contributed by atoms with Crippen LogP contribution in [0.3, 0.4) is 0 Å². The lowest BCUT2D eigenvalue weighted by molar-refractivity contribution is 0.736. The fourth-order valence-electron chi connectivity index (χ4n) is 4.14. The molecule has 2 aliphatic carbocycles. The molecule has 0 nitrogen and oxygen atoms in total. The summed E-state index contributed by atoms with van der Waals surface area (Å²) >= 11 is 0. The van der Waals surface area contributed by atoms with E-state index in [2.05, 4.69) is 69.2 Å². The van der Waals surface area contributed by atoms with Crippen molar-refractivity contribution in [3.8, 4) is 0 Å². The molecule has 0 radical (unpaired) electrons. The van der Waals surface area contributed by atoms with E-state index in [9.17, 15) is 0 Å². The number of allylic oxidation sites excluding steroid dienone is 8. The molecule has 130 valence electrons. The molecule has 0 aliphatic heterocycles. The number of rotatable bonds is 3. The van der Waals surface area contributed by atoms with Gasteiger partial charge in [-0.25, -0.2) is 0 Å². The topological polar surface area (TPSA) is 0 Å². The molecular formula is C23H38. The Morgan fingerprint density at radius 2 is 1.00 bits per heavy atom. The third kappa shape index (κ3) is 3.90. The first kappa shape index (κ1) is 20.0. The van der Waals surface area contributed by atoms with Gasteiger partial charge in [0.2, 0.25) is 0 Å². The fourth-order valence-corrected chi connectivity index (χ4v) is 4.14. The van der Waals surface area contributed by atoms with Crippen molar-refractivity contribution in [3.63, 3.8) is 0 Å². The Morgan fingerprint density at radius 1 is 0.609 bits per heavy atom. The summed E-state index contributed by atoms with van der Waals surface area (Å²) in [6.07, 6.45) is 3.76. The van der Waals surface area contributed by atoms with E-state index in [0.29, 0.717) is 11.8 Å². The SMILES string of the molecule is CCC1=C(C)C(C)=C(C)C1C.CCCC1=C(C)C(C)=C(C)C1C. The van der Waals surface area contributed by atoms with Gasteiger partial charge in [0, 0.05) is 0 Å². The highest BCUT2D eigenvalue weighted by molar-refractivity contribution is 5.47. The van der Waals surface area contributed by atoms with Crippen molar-refractivity contribution in [1.82, 2.24) is 0 Å². The molecule has 2 rings (SSSR count). The molecule has 0 heterocycles. The lowest BCUT2D eigenvalue weighted by atomic mass is 9.95. The van der Waals surface area contributed by atoms with Crippen molar-refractivity contribution >= 4 is 0 Å². The van der Waals surface area contributed by atoms with Crippen molar-refractivity contribution in [2.75, 3.05) is 0 Å². The normalized spacial score (nSPS) is 24.8. The van der Waals surface area contributed by atoms with Gasteiger partial charge in [-0.05, 0) is 88.5 Å². The van der Waals surface area contributed by atoms with Crippen molar-refractivity contribution in [2.45, 2.75) is 88.5 Å². The van der Waals surface area contributed by atoms with Crippen LogP contribution in [-0.2, 0) is 0 Å². The summed E-state index contributed by atoms with van der Waals surface area (Å²) < 4.78 is 0. The van der Waals surface area contributed by atoms with Crippen LogP contribution in [0.4, 0.5) is 0 Å². The van der Waals surface area contributed by atoms with Crippen molar-refractivity contribution < 1.29 is 0 Å². The number of hydrogen-bond donors (Lipinski definition) is 0. The molecular weight excluding hydrogens is 276 g/mol. The first-order valence-corrected chi connectivity index (χ1v) is 9.43. The smallest absolute Gasteiger partial charge is 0.00126 e. The van der Waals surface area contributed by atoms with Crippen LogP contribution in [0.1, 0.15) is 88.5 Å². The zero-order valence-electron chi connectivity index (χ0n) is 17.3. The Bertz CT molecular complexity index is 575. The Balaban J connectivity index is 0.000000231. The van der Waals surface area contributed by atoms with Crippen LogP contribution in [-0.4, -0.2) is 0 Å². The maximum atomic E-state index is 2.33. The van der Waals surface area contributed by atoms with Gasteiger partial charge in [0.05, 0.1) is 0 Å². The van der Waals surface area contributed by atoms with E-state index >= 15 is 0 Å².